The Kier molecular flexibility index (Phi) is 5.53. The monoisotopic (exact) mass is 404 g/mol. The Labute approximate surface area is 167 Å². The van der Waals surface area contributed by atoms with Gasteiger partial charge >= 0.3 is 0 Å². The third-order valence-electron chi connectivity index (χ3n) is 4.32. The molecule has 2 aromatic rings. The lowest BCUT2D eigenvalue weighted by atomic mass is 10.0. The fraction of sp³-hybridized carbons (Fsp3) is 0.250. The Morgan fingerprint density at radius 1 is 1.00 bits per heavy atom. The molecule has 27 heavy (non-hydrogen) atoms. The Bertz CT molecular complexity index is 892. The molecule has 0 unspecified atom stereocenters. The first-order chi connectivity index (χ1) is 12.8. The van der Waals surface area contributed by atoms with E-state index in [1.807, 2.05) is 13.8 Å². The predicted octanol–water partition coefficient (Wildman–Crippen LogP) is 4.64. The molecule has 3 amide bonds. The zero-order chi connectivity index (χ0) is 19.7. The molecule has 140 valence electrons. The maximum atomic E-state index is 12.9. The number of halogens is 2. The first-order valence-corrected chi connectivity index (χ1v) is 9.28. The van der Waals surface area contributed by atoms with Crippen LogP contribution in [0.1, 0.15) is 41.0 Å². The molecule has 1 aliphatic rings. The number of carbonyl (C=O) groups is 3. The van der Waals surface area contributed by atoms with Crippen molar-refractivity contribution in [3.05, 3.63) is 63.6 Å². The van der Waals surface area contributed by atoms with E-state index < -0.39 is 23.8 Å². The number of fused-ring (bicyclic) bond motifs is 1. The van der Waals surface area contributed by atoms with Crippen molar-refractivity contribution in [1.29, 1.82) is 0 Å². The summed E-state index contributed by atoms with van der Waals surface area (Å²) in [5, 5.41) is 3.40. The molecule has 0 saturated heterocycles. The van der Waals surface area contributed by atoms with Crippen LogP contribution in [0.4, 0.5) is 5.69 Å². The Hall–Kier alpha value is -2.37. The summed E-state index contributed by atoms with van der Waals surface area (Å²) in [7, 11) is 0. The fourth-order valence-electron chi connectivity index (χ4n) is 3.07. The smallest absolute Gasteiger partial charge is 0.262 e. The van der Waals surface area contributed by atoms with Crippen LogP contribution in [0, 0.1) is 5.92 Å². The van der Waals surface area contributed by atoms with E-state index in [9.17, 15) is 14.4 Å². The summed E-state index contributed by atoms with van der Waals surface area (Å²) in [6, 6.07) is 10.4. The summed E-state index contributed by atoms with van der Waals surface area (Å²) >= 11 is 11.9. The Morgan fingerprint density at radius 3 is 2.11 bits per heavy atom. The number of amides is 3. The van der Waals surface area contributed by atoms with Gasteiger partial charge in [0.05, 0.1) is 21.2 Å². The van der Waals surface area contributed by atoms with E-state index in [1.165, 1.54) is 6.07 Å². The lowest BCUT2D eigenvalue weighted by molar-refractivity contribution is -0.120. The number of imide groups is 1. The average Bonchev–Trinajstić information content (AvgIpc) is 2.87. The highest BCUT2D eigenvalue weighted by Gasteiger charge is 2.42. The summed E-state index contributed by atoms with van der Waals surface area (Å²) in [5.74, 6) is -1.26. The average molecular weight is 405 g/mol. The van der Waals surface area contributed by atoms with Gasteiger partial charge in [0.2, 0.25) is 5.91 Å². The minimum atomic E-state index is -0.924. The van der Waals surface area contributed by atoms with Crippen LogP contribution in [0.5, 0.6) is 0 Å². The van der Waals surface area contributed by atoms with Crippen molar-refractivity contribution in [2.75, 3.05) is 5.32 Å². The number of benzene rings is 2. The van der Waals surface area contributed by atoms with Gasteiger partial charge in [-0.2, -0.15) is 0 Å². The predicted molar refractivity (Wildman–Crippen MR) is 105 cm³/mol. The van der Waals surface area contributed by atoms with Gasteiger partial charge in [-0.1, -0.05) is 49.2 Å². The molecule has 7 heteroatoms. The van der Waals surface area contributed by atoms with Crippen molar-refractivity contribution in [1.82, 2.24) is 4.90 Å². The van der Waals surface area contributed by atoms with Gasteiger partial charge in [-0.3, -0.25) is 19.3 Å². The number of carbonyl (C=O) groups excluding carboxylic acids is 3. The summed E-state index contributed by atoms with van der Waals surface area (Å²) < 4.78 is 0. The van der Waals surface area contributed by atoms with Crippen LogP contribution in [0.3, 0.4) is 0 Å². The van der Waals surface area contributed by atoms with Crippen LogP contribution in [0.15, 0.2) is 42.5 Å². The molecule has 0 spiro atoms. The van der Waals surface area contributed by atoms with Crippen molar-refractivity contribution in [3.63, 3.8) is 0 Å². The van der Waals surface area contributed by atoms with Crippen molar-refractivity contribution >= 4 is 46.6 Å². The molecule has 1 N–H and O–H groups in total. The largest absolute Gasteiger partial charge is 0.324 e. The van der Waals surface area contributed by atoms with Gasteiger partial charge in [0, 0.05) is 5.69 Å². The fourth-order valence-corrected chi connectivity index (χ4v) is 3.36. The van der Waals surface area contributed by atoms with Crippen LogP contribution in [0.25, 0.3) is 0 Å². The topological polar surface area (TPSA) is 66.5 Å². The van der Waals surface area contributed by atoms with Gasteiger partial charge in [-0.25, -0.2) is 0 Å². The number of hydrogen-bond acceptors (Lipinski definition) is 3. The molecule has 0 saturated carbocycles. The van der Waals surface area contributed by atoms with Crippen LogP contribution in [-0.4, -0.2) is 28.7 Å². The maximum Gasteiger partial charge on any atom is 0.262 e. The quantitative estimate of drug-likeness (QED) is 0.737. The number of nitrogens with zero attached hydrogens (tertiary/aromatic N) is 1. The Balaban J connectivity index is 1.90. The van der Waals surface area contributed by atoms with Gasteiger partial charge in [-0.15, -0.1) is 0 Å². The number of anilines is 1. The zero-order valence-corrected chi connectivity index (χ0v) is 16.3. The van der Waals surface area contributed by atoms with Gasteiger partial charge in [0.1, 0.15) is 6.04 Å². The van der Waals surface area contributed by atoms with Crippen molar-refractivity contribution in [2.45, 2.75) is 26.3 Å². The lowest BCUT2D eigenvalue weighted by Gasteiger charge is -2.26. The molecular formula is C20H18Cl2N2O3. The lowest BCUT2D eigenvalue weighted by Crippen LogP contribution is -2.47. The van der Waals surface area contributed by atoms with Gasteiger partial charge in [0.25, 0.3) is 11.8 Å². The second-order valence-corrected chi connectivity index (χ2v) is 7.60. The molecule has 5 nitrogen and oxygen atoms in total. The molecule has 1 aliphatic heterocycles. The molecular weight excluding hydrogens is 387 g/mol. The second-order valence-electron chi connectivity index (χ2n) is 6.79. The van der Waals surface area contributed by atoms with E-state index in [1.54, 1.807) is 36.4 Å². The first kappa shape index (κ1) is 19.4. The van der Waals surface area contributed by atoms with Crippen molar-refractivity contribution < 1.29 is 14.4 Å². The summed E-state index contributed by atoms with van der Waals surface area (Å²) in [6.07, 6.45) is 0.346. The maximum absolute atomic E-state index is 12.9. The van der Waals surface area contributed by atoms with Gasteiger partial charge < -0.3 is 5.32 Å². The highest BCUT2D eigenvalue weighted by atomic mass is 35.5. The number of nitrogens with one attached hydrogen (secondary N) is 1. The number of hydrogen-bond donors (Lipinski definition) is 1. The highest BCUT2D eigenvalue weighted by molar-refractivity contribution is 6.42. The molecule has 0 fully saturated rings. The van der Waals surface area contributed by atoms with E-state index in [4.69, 9.17) is 23.2 Å². The van der Waals surface area contributed by atoms with Gasteiger partial charge in [-0.05, 0) is 42.7 Å². The molecule has 2 aromatic carbocycles. The standard InChI is InChI=1S/C20H18Cl2N2O3/c1-11(2)9-17(18(25)23-12-7-8-15(21)16(22)10-12)24-19(26)13-5-3-4-6-14(13)20(24)27/h3-8,10-11,17H,9H2,1-2H3,(H,23,25)/t17-/m0/s1. The normalized spacial score (nSPS) is 14.5. The molecule has 0 radical (unpaired) electrons. The molecule has 0 bridgehead atoms. The van der Waals surface area contributed by atoms with E-state index >= 15 is 0 Å². The van der Waals surface area contributed by atoms with E-state index in [0.29, 0.717) is 33.3 Å². The van der Waals surface area contributed by atoms with Crippen molar-refractivity contribution in [2.24, 2.45) is 5.92 Å². The summed E-state index contributed by atoms with van der Waals surface area (Å²) in [5.41, 5.74) is 1.08. The van der Waals surface area contributed by atoms with Crippen molar-refractivity contribution in [3.8, 4) is 0 Å². The SMILES string of the molecule is CC(C)C[C@@H](C(=O)Nc1ccc(Cl)c(Cl)c1)N1C(=O)c2ccccc2C1=O. The number of rotatable bonds is 5. The summed E-state index contributed by atoms with van der Waals surface area (Å²) in [4.78, 5) is 39.5. The summed E-state index contributed by atoms with van der Waals surface area (Å²) in [6.45, 7) is 3.86. The van der Waals surface area contributed by atoms with E-state index in [2.05, 4.69) is 5.32 Å². The highest BCUT2D eigenvalue weighted by Crippen LogP contribution is 2.29. The molecule has 1 atom stereocenters. The van der Waals surface area contributed by atoms with Crippen LogP contribution in [0.2, 0.25) is 10.0 Å². The van der Waals surface area contributed by atoms with E-state index in [-0.39, 0.29) is 5.92 Å². The third kappa shape index (κ3) is 3.84. The van der Waals surface area contributed by atoms with Gasteiger partial charge in [0.15, 0.2) is 0 Å². The minimum Gasteiger partial charge on any atom is -0.324 e. The van der Waals surface area contributed by atoms with Crippen LogP contribution >= 0.6 is 23.2 Å². The Morgan fingerprint density at radius 2 is 1.59 bits per heavy atom. The zero-order valence-electron chi connectivity index (χ0n) is 14.8. The molecule has 0 aliphatic carbocycles. The molecule has 3 rings (SSSR count). The minimum absolute atomic E-state index is 0.0962. The van der Waals surface area contributed by atoms with E-state index in [0.717, 1.165) is 4.90 Å². The first-order valence-electron chi connectivity index (χ1n) is 8.52. The van der Waals surface area contributed by atoms with Crippen LogP contribution < -0.4 is 5.32 Å². The third-order valence-corrected chi connectivity index (χ3v) is 5.06. The molecule has 0 aromatic heterocycles. The van der Waals surface area contributed by atoms with Crippen LogP contribution in [-0.2, 0) is 4.79 Å². The second kappa shape index (κ2) is 7.71. The molecule has 1 heterocycles.